The van der Waals surface area contributed by atoms with E-state index in [4.69, 9.17) is 0 Å². The first-order valence-corrected chi connectivity index (χ1v) is 9.53. The van der Waals surface area contributed by atoms with Crippen molar-refractivity contribution >= 4 is 21.6 Å². The average molecular weight is 363 g/mol. The van der Waals surface area contributed by atoms with Crippen LogP contribution in [0.5, 0.6) is 0 Å². The van der Waals surface area contributed by atoms with Crippen LogP contribution in [-0.2, 0) is 21.9 Å². The van der Waals surface area contributed by atoms with Crippen LogP contribution in [0.2, 0.25) is 0 Å². The summed E-state index contributed by atoms with van der Waals surface area (Å²) in [5.41, 5.74) is 0.645. The van der Waals surface area contributed by atoms with Gasteiger partial charge in [0.05, 0.1) is 11.9 Å². The largest absolute Gasteiger partial charge is 0.337 e. The van der Waals surface area contributed by atoms with Gasteiger partial charge in [0.25, 0.3) is 10.0 Å². The van der Waals surface area contributed by atoms with Crippen LogP contribution >= 0.6 is 0 Å². The molecule has 8 nitrogen and oxygen atoms in total. The number of sulfonamides is 1. The molecule has 2 aromatic rings. The molecule has 3 rings (SSSR count). The molecule has 3 heterocycles. The van der Waals surface area contributed by atoms with E-state index in [1.807, 2.05) is 0 Å². The molecule has 0 saturated carbocycles. The smallest absolute Gasteiger partial charge is 0.262 e. The number of hydrogen-bond acceptors (Lipinski definition) is 5. The molecule has 25 heavy (non-hydrogen) atoms. The third kappa shape index (κ3) is 3.72. The summed E-state index contributed by atoms with van der Waals surface area (Å²) in [4.78, 5) is 20.4. The lowest BCUT2D eigenvalue weighted by atomic mass is 9.97. The monoisotopic (exact) mass is 363 g/mol. The first-order valence-electron chi connectivity index (χ1n) is 8.09. The summed E-state index contributed by atoms with van der Waals surface area (Å²) in [6, 6.07) is 3.52. The Hall–Kier alpha value is -2.26. The minimum absolute atomic E-state index is 0.0609. The van der Waals surface area contributed by atoms with Crippen LogP contribution in [0.15, 0.2) is 35.7 Å². The molecule has 0 unspecified atom stereocenters. The van der Waals surface area contributed by atoms with E-state index in [2.05, 4.69) is 15.3 Å². The number of nitrogens with one attached hydrogen (secondary N) is 1. The Morgan fingerprint density at radius 3 is 2.60 bits per heavy atom. The summed E-state index contributed by atoms with van der Waals surface area (Å²) in [5, 5.41) is 2.88. The number of carbonyl (C=O) groups is 1. The number of aryl methyl sites for hydroxylation is 2. The van der Waals surface area contributed by atoms with Crippen molar-refractivity contribution in [2.45, 2.75) is 24.8 Å². The molecule has 0 bridgehead atoms. The molecule has 0 radical (unpaired) electrons. The number of nitrogens with zero attached hydrogens (tertiary/aromatic N) is 4. The summed E-state index contributed by atoms with van der Waals surface area (Å²) >= 11 is 0. The van der Waals surface area contributed by atoms with Crippen molar-refractivity contribution in [2.24, 2.45) is 13.0 Å². The van der Waals surface area contributed by atoms with Gasteiger partial charge in [-0.1, -0.05) is 0 Å². The van der Waals surface area contributed by atoms with E-state index in [0.717, 1.165) is 0 Å². The van der Waals surface area contributed by atoms with Crippen LogP contribution in [0.1, 0.15) is 18.7 Å². The van der Waals surface area contributed by atoms with E-state index in [-0.39, 0.29) is 16.9 Å². The van der Waals surface area contributed by atoms with Gasteiger partial charge < -0.3 is 9.88 Å². The van der Waals surface area contributed by atoms with Gasteiger partial charge in [0, 0.05) is 38.4 Å². The van der Waals surface area contributed by atoms with Crippen LogP contribution in [0, 0.1) is 12.8 Å². The normalized spacial score (nSPS) is 16.7. The SMILES string of the molecule is Cc1nc(S(=O)(=O)N2CCC(C(=O)Nc3cccnc3)CC2)cn1C. The van der Waals surface area contributed by atoms with E-state index < -0.39 is 10.0 Å². The Balaban J connectivity index is 1.62. The molecule has 1 fully saturated rings. The molecule has 1 aliphatic rings. The number of piperidine rings is 1. The van der Waals surface area contributed by atoms with Crippen molar-refractivity contribution in [3.8, 4) is 0 Å². The first-order chi connectivity index (χ1) is 11.9. The van der Waals surface area contributed by atoms with Crippen LogP contribution in [0.25, 0.3) is 0 Å². The topological polar surface area (TPSA) is 97.2 Å². The lowest BCUT2D eigenvalue weighted by Crippen LogP contribution is -2.41. The third-order valence-electron chi connectivity index (χ3n) is 4.44. The predicted molar refractivity (Wildman–Crippen MR) is 92.3 cm³/mol. The fraction of sp³-hybridized carbons (Fsp3) is 0.438. The van der Waals surface area contributed by atoms with E-state index in [1.54, 1.807) is 43.1 Å². The van der Waals surface area contributed by atoms with Crippen molar-refractivity contribution in [3.63, 3.8) is 0 Å². The molecule has 2 aromatic heterocycles. The van der Waals surface area contributed by atoms with E-state index in [0.29, 0.717) is 37.4 Å². The van der Waals surface area contributed by atoms with Crippen LogP contribution in [0.3, 0.4) is 0 Å². The van der Waals surface area contributed by atoms with Crippen molar-refractivity contribution in [3.05, 3.63) is 36.5 Å². The molecule has 1 saturated heterocycles. The summed E-state index contributed by atoms with van der Waals surface area (Å²) in [6.45, 7) is 2.38. The van der Waals surface area contributed by atoms with Crippen LogP contribution in [0.4, 0.5) is 5.69 Å². The second kappa shape index (κ2) is 6.93. The van der Waals surface area contributed by atoms with Crippen LogP contribution in [-0.4, -0.2) is 46.3 Å². The van der Waals surface area contributed by atoms with Crippen molar-refractivity contribution in [1.29, 1.82) is 0 Å². The van der Waals surface area contributed by atoms with Gasteiger partial charge in [0.1, 0.15) is 5.82 Å². The predicted octanol–water partition coefficient (Wildman–Crippen LogP) is 1.16. The Morgan fingerprint density at radius 2 is 2.04 bits per heavy atom. The van der Waals surface area contributed by atoms with Gasteiger partial charge in [0.15, 0.2) is 5.03 Å². The zero-order valence-electron chi connectivity index (χ0n) is 14.2. The molecular weight excluding hydrogens is 342 g/mol. The molecule has 0 spiro atoms. The quantitative estimate of drug-likeness (QED) is 0.879. The Kier molecular flexibility index (Phi) is 4.87. The van der Waals surface area contributed by atoms with E-state index in [1.165, 1.54) is 10.5 Å². The lowest BCUT2D eigenvalue weighted by Gasteiger charge is -2.29. The molecule has 1 amide bonds. The average Bonchev–Trinajstić information content (AvgIpc) is 2.96. The molecule has 1 aliphatic heterocycles. The Morgan fingerprint density at radius 1 is 1.32 bits per heavy atom. The highest BCUT2D eigenvalue weighted by Gasteiger charge is 2.33. The zero-order chi connectivity index (χ0) is 18.0. The number of hydrogen-bond donors (Lipinski definition) is 1. The number of aromatic nitrogens is 3. The highest BCUT2D eigenvalue weighted by atomic mass is 32.2. The second-order valence-corrected chi connectivity index (χ2v) is 8.03. The minimum atomic E-state index is -3.61. The molecular formula is C16H21N5O3S. The van der Waals surface area contributed by atoms with Gasteiger partial charge in [-0.25, -0.2) is 13.4 Å². The van der Waals surface area contributed by atoms with Gasteiger partial charge in [-0.15, -0.1) is 0 Å². The molecule has 0 aliphatic carbocycles. The van der Waals surface area contributed by atoms with Gasteiger partial charge in [0.2, 0.25) is 5.91 Å². The number of rotatable bonds is 4. The molecule has 0 atom stereocenters. The fourth-order valence-corrected chi connectivity index (χ4v) is 4.32. The summed E-state index contributed by atoms with van der Waals surface area (Å²) in [6.07, 6.45) is 5.71. The van der Waals surface area contributed by atoms with Crippen molar-refractivity contribution in [2.75, 3.05) is 18.4 Å². The maximum atomic E-state index is 12.7. The zero-order valence-corrected chi connectivity index (χ0v) is 15.0. The van der Waals surface area contributed by atoms with Crippen LogP contribution < -0.4 is 5.32 Å². The molecule has 1 N–H and O–H groups in total. The third-order valence-corrected chi connectivity index (χ3v) is 6.21. The Bertz CT molecular complexity index is 836. The molecule has 9 heteroatoms. The molecule has 0 aromatic carbocycles. The van der Waals surface area contributed by atoms with Crippen molar-refractivity contribution in [1.82, 2.24) is 18.8 Å². The van der Waals surface area contributed by atoms with Gasteiger partial charge in [-0.05, 0) is 31.9 Å². The second-order valence-electron chi connectivity index (χ2n) is 6.15. The number of imidazole rings is 1. The van der Waals surface area contributed by atoms with E-state index in [9.17, 15) is 13.2 Å². The maximum Gasteiger partial charge on any atom is 0.262 e. The maximum absolute atomic E-state index is 12.7. The van der Waals surface area contributed by atoms with Gasteiger partial charge >= 0.3 is 0 Å². The highest BCUT2D eigenvalue weighted by Crippen LogP contribution is 2.24. The van der Waals surface area contributed by atoms with E-state index >= 15 is 0 Å². The number of pyridine rings is 1. The van der Waals surface area contributed by atoms with Gasteiger partial charge in [-0.2, -0.15) is 4.31 Å². The minimum Gasteiger partial charge on any atom is -0.337 e. The Labute approximate surface area is 146 Å². The standard InChI is InChI=1S/C16H21N5O3S/c1-12-18-15(11-20(12)2)25(23,24)21-8-5-13(6-9-21)16(22)19-14-4-3-7-17-10-14/h3-4,7,10-11,13H,5-6,8-9H2,1-2H3,(H,19,22). The van der Waals surface area contributed by atoms with Gasteiger partial charge in [-0.3, -0.25) is 9.78 Å². The number of carbonyl (C=O) groups excluding carboxylic acids is 1. The summed E-state index contributed by atoms with van der Waals surface area (Å²) in [5.74, 6) is 0.333. The van der Waals surface area contributed by atoms with Crippen molar-refractivity contribution < 1.29 is 13.2 Å². The first kappa shape index (κ1) is 17.6. The summed E-state index contributed by atoms with van der Waals surface area (Å²) < 4.78 is 28.4. The number of amides is 1. The fourth-order valence-electron chi connectivity index (χ4n) is 2.82. The number of anilines is 1. The highest BCUT2D eigenvalue weighted by molar-refractivity contribution is 7.89. The lowest BCUT2D eigenvalue weighted by molar-refractivity contribution is -0.120. The summed E-state index contributed by atoms with van der Waals surface area (Å²) in [7, 11) is -1.85. The molecule has 134 valence electrons.